The molecule has 7 nitrogen and oxygen atoms in total. The van der Waals surface area contributed by atoms with Gasteiger partial charge >= 0.3 is 0 Å². The van der Waals surface area contributed by atoms with Gasteiger partial charge in [0.25, 0.3) is 5.69 Å². The monoisotopic (exact) mass is 372 g/mol. The zero-order valence-corrected chi connectivity index (χ0v) is 15.4. The zero-order valence-electron chi connectivity index (χ0n) is 14.6. The summed E-state index contributed by atoms with van der Waals surface area (Å²) in [5.74, 6) is 0.660. The van der Waals surface area contributed by atoms with E-state index in [0.717, 1.165) is 16.8 Å². The Balaban J connectivity index is 1.72. The Morgan fingerprint density at radius 1 is 1.19 bits per heavy atom. The number of thioether (sulfide) groups is 1. The number of benzene rings is 2. The number of amides is 1. The minimum Gasteiger partial charge on any atom is -0.378 e. The number of rotatable bonds is 8. The second-order valence-corrected chi connectivity index (χ2v) is 6.68. The SMILES string of the molecule is CN(C)c1ccc(/C=N\NC(=O)CSCc2ccc([N+](=O)[O-])cc2)cc1. The van der Waals surface area contributed by atoms with Crippen LogP contribution in [0, 0.1) is 10.1 Å². The molecule has 0 fully saturated rings. The van der Waals surface area contributed by atoms with Crippen LogP contribution in [0.15, 0.2) is 53.6 Å². The van der Waals surface area contributed by atoms with E-state index < -0.39 is 4.92 Å². The van der Waals surface area contributed by atoms with E-state index in [2.05, 4.69) is 10.5 Å². The number of hydrazone groups is 1. The van der Waals surface area contributed by atoms with Gasteiger partial charge in [-0.2, -0.15) is 5.10 Å². The summed E-state index contributed by atoms with van der Waals surface area (Å²) in [6, 6.07) is 14.1. The largest absolute Gasteiger partial charge is 0.378 e. The molecule has 8 heteroatoms. The summed E-state index contributed by atoms with van der Waals surface area (Å²) in [6.45, 7) is 0. The van der Waals surface area contributed by atoms with E-state index in [-0.39, 0.29) is 17.3 Å². The molecule has 0 atom stereocenters. The molecule has 1 amide bonds. The van der Waals surface area contributed by atoms with Gasteiger partial charge in [-0.25, -0.2) is 5.43 Å². The summed E-state index contributed by atoms with van der Waals surface area (Å²) in [7, 11) is 3.94. The van der Waals surface area contributed by atoms with Crippen LogP contribution in [0.1, 0.15) is 11.1 Å². The fraction of sp³-hybridized carbons (Fsp3) is 0.222. The molecule has 0 aliphatic heterocycles. The van der Waals surface area contributed by atoms with Gasteiger partial charge in [-0.05, 0) is 23.3 Å². The van der Waals surface area contributed by atoms with E-state index in [9.17, 15) is 14.9 Å². The van der Waals surface area contributed by atoms with Crippen molar-refractivity contribution in [2.24, 2.45) is 5.10 Å². The molecule has 0 bridgehead atoms. The maximum Gasteiger partial charge on any atom is 0.269 e. The first-order valence-corrected chi connectivity index (χ1v) is 9.01. The summed E-state index contributed by atoms with van der Waals surface area (Å²) in [6.07, 6.45) is 1.60. The lowest BCUT2D eigenvalue weighted by molar-refractivity contribution is -0.384. The lowest BCUT2D eigenvalue weighted by Crippen LogP contribution is -2.19. The van der Waals surface area contributed by atoms with Crippen LogP contribution in [0.2, 0.25) is 0 Å². The molecule has 0 radical (unpaired) electrons. The maximum atomic E-state index is 11.8. The van der Waals surface area contributed by atoms with Crippen molar-refractivity contribution < 1.29 is 9.72 Å². The zero-order chi connectivity index (χ0) is 18.9. The van der Waals surface area contributed by atoms with Crippen molar-refractivity contribution in [3.8, 4) is 0 Å². The summed E-state index contributed by atoms with van der Waals surface area (Å²) >= 11 is 1.42. The molecule has 0 saturated carbocycles. The van der Waals surface area contributed by atoms with E-state index >= 15 is 0 Å². The molecule has 0 aliphatic rings. The van der Waals surface area contributed by atoms with Crippen LogP contribution >= 0.6 is 11.8 Å². The lowest BCUT2D eigenvalue weighted by atomic mass is 10.2. The fourth-order valence-electron chi connectivity index (χ4n) is 2.05. The molecule has 0 saturated heterocycles. The first-order valence-electron chi connectivity index (χ1n) is 7.86. The van der Waals surface area contributed by atoms with Gasteiger partial charge in [-0.15, -0.1) is 11.8 Å². The van der Waals surface area contributed by atoms with Crippen molar-refractivity contribution >= 4 is 35.3 Å². The quantitative estimate of drug-likeness (QED) is 0.437. The van der Waals surface area contributed by atoms with E-state index in [0.29, 0.717) is 5.75 Å². The molecular weight excluding hydrogens is 352 g/mol. The second-order valence-electron chi connectivity index (χ2n) is 5.70. The average Bonchev–Trinajstić information content (AvgIpc) is 2.62. The third kappa shape index (κ3) is 6.21. The normalized spacial score (nSPS) is 10.7. The number of carbonyl (C=O) groups excluding carboxylic acids is 1. The average molecular weight is 372 g/mol. The highest BCUT2D eigenvalue weighted by molar-refractivity contribution is 7.99. The molecule has 2 aromatic rings. The maximum absolute atomic E-state index is 11.8. The van der Waals surface area contributed by atoms with E-state index in [1.54, 1.807) is 18.3 Å². The Labute approximate surface area is 156 Å². The molecular formula is C18H20N4O3S. The minimum atomic E-state index is -0.434. The highest BCUT2D eigenvalue weighted by Gasteiger charge is 2.05. The number of hydrogen-bond acceptors (Lipinski definition) is 6. The number of non-ortho nitro benzene ring substituents is 1. The van der Waals surface area contributed by atoms with Gasteiger partial charge in [-0.1, -0.05) is 24.3 Å². The Bertz CT molecular complexity index is 774. The third-order valence-electron chi connectivity index (χ3n) is 3.46. The summed E-state index contributed by atoms with van der Waals surface area (Å²) in [4.78, 5) is 23.9. The molecule has 0 heterocycles. The van der Waals surface area contributed by atoms with Crippen LogP contribution in [-0.4, -0.2) is 36.9 Å². The Morgan fingerprint density at radius 2 is 1.85 bits per heavy atom. The van der Waals surface area contributed by atoms with Crippen LogP contribution < -0.4 is 10.3 Å². The van der Waals surface area contributed by atoms with Crippen molar-refractivity contribution in [2.45, 2.75) is 5.75 Å². The molecule has 0 unspecified atom stereocenters. The summed E-state index contributed by atoms with van der Waals surface area (Å²) in [5.41, 5.74) is 5.47. The number of nitrogens with one attached hydrogen (secondary N) is 1. The molecule has 0 aromatic heterocycles. The van der Waals surface area contributed by atoms with Crippen LogP contribution in [-0.2, 0) is 10.5 Å². The third-order valence-corrected chi connectivity index (χ3v) is 4.47. The standard InChI is InChI=1S/C18H20N4O3S/c1-21(2)16-7-3-14(4-8-16)11-19-20-18(23)13-26-12-15-5-9-17(10-6-15)22(24)25/h3-11H,12-13H2,1-2H3,(H,20,23)/b19-11-. The van der Waals surface area contributed by atoms with Crippen LogP contribution in [0.4, 0.5) is 11.4 Å². The number of hydrogen-bond donors (Lipinski definition) is 1. The summed E-state index contributed by atoms with van der Waals surface area (Å²) < 4.78 is 0. The van der Waals surface area contributed by atoms with Crippen molar-refractivity contribution in [1.82, 2.24) is 5.43 Å². The van der Waals surface area contributed by atoms with Crippen molar-refractivity contribution in [3.63, 3.8) is 0 Å². The molecule has 1 N–H and O–H groups in total. The predicted molar refractivity (Wildman–Crippen MR) is 106 cm³/mol. The smallest absolute Gasteiger partial charge is 0.269 e. The van der Waals surface area contributed by atoms with Crippen LogP contribution in [0.25, 0.3) is 0 Å². The van der Waals surface area contributed by atoms with Crippen LogP contribution in [0.3, 0.4) is 0 Å². The number of carbonyl (C=O) groups is 1. The van der Waals surface area contributed by atoms with Gasteiger partial charge in [0, 0.05) is 37.7 Å². The molecule has 0 spiro atoms. The van der Waals surface area contributed by atoms with Crippen molar-refractivity contribution in [1.29, 1.82) is 0 Å². The first kappa shape index (κ1) is 19.5. The number of nitro benzene ring substituents is 1. The Kier molecular flexibility index (Phi) is 7.16. The van der Waals surface area contributed by atoms with E-state index in [4.69, 9.17) is 0 Å². The van der Waals surface area contributed by atoms with Gasteiger partial charge in [0.1, 0.15) is 0 Å². The van der Waals surface area contributed by atoms with E-state index in [1.807, 2.05) is 43.3 Å². The highest BCUT2D eigenvalue weighted by atomic mass is 32.2. The molecule has 26 heavy (non-hydrogen) atoms. The van der Waals surface area contributed by atoms with Gasteiger partial charge in [-0.3, -0.25) is 14.9 Å². The molecule has 0 aliphatic carbocycles. The van der Waals surface area contributed by atoms with Crippen molar-refractivity contribution in [2.75, 3.05) is 24.7 Å². The molecule has 2 rings (SSSR count). The number of anilines is 1. The van der Waals surface area contributed by atoms with Crippen molar-refractivity contribution in [3.05, 3.63) is 69.8 Å². The van der Waals surface area contributed by atoms with Gasteiger partial charge in [0.2, 0.25) is 5.91 Å². The minimum absolute atomic E-state index is 0.0597. The fourth-order valence-corrected chi connectivity index (χ4v) is 2.83. The topological polar surface area (TPSA) is 87.8 Å². The number of nitro groups is 1. The highest BCUT2D eigenvalue weighted by Crippen LogP contribution is 2.16. The van der Waals surface area contributed by atoms with Gasteiger partial charge in [0.15, 0.2) is 0 Å². The number of nitrogens with zero attached hydrogens (tertiary/aromatic N) is 3. The summed E-state index contributed by atoms with van der Waals surface area (Å²) in [5, 5.41) is 14.5. The molecule has 136 valence electrons. The van der Waals surface area contributed by atoms with Gasteiger partial charge in [0.05, 0.1) is 16.9 Å². The Morgan fingerprint density at radius 3 is 2.42 bits per heavy atom. The Hall–Kier alpha value is -2.87. The molecule has 2 aromatic carbocycles. The van der Waals surface area contributed by atoms with Gasteiger partial charge < -0.3 is 4.90 Å². The predicted octanol–water partition coefficient (Wildman–Crippen LogP) is 3.04. The first-order chi connectivity index (χ1) is 12.5. The van der Waals surface area contributed by atoms with E-state index in [1.165, 1.54) is 23.9 Å². The second kappa shape index (κ2) is 9.57. The lowest BCUT2D eigenvalue weighted by Gasteiger charge is -2.11. The van der Waals surface area contributed by atoms with Crippen LogP contribution in [0.5, 0.6) is 0 Å².